The zero-order valence-corrected chi connectivity index (χ0v) is 25.1. The molecule has 0 saturated heterocycles. The van der Waals surface area contributed by atoms with Crippen LogP contribution in [-0.2, 0) is 24.0 Å². The van der Waals surface area contributed by atoms with Crippen molar-refractivity contribution in [3.05, 3.63) is 0 Å². The van der Waals surface area contributed by atoms with Crippen LogP contribution in [0.25, 0.3) is 0 Å². The fraction of sp³-hybridized carbons (Fsp3) is 0.652. The predicted octanol–water partition coefficient (Wildman–Crippen LogP) is -5.48. The molecule has 0 aromatic heterocycles. The Balaban J connectivity index is 5.93. The van der Waals surface area contributed by atoms with E-state index in [0.717, 1.165) is 0 Å². The summed E-state index contributed by atoms with van der Waals surface area (Å²) < 4.78 is 0. The molecular weight excluding hydrogens is 584 g/mol. The summed E-state index contributed by atoms with van der Waals surface area (Å²) in [6, 6.07) is -4.43. The van der Waals surface area contributed by atoms with Crippen LogP contribution >= 0.6 is 12.6 Å². The van der Waals surface area contributed by atoms with Crippen LogP contribution in [0.1, 0.15) is 45.4 Å². The molecule has 0 aliphatic heterocycles. The van der Waals surface area contributed by atoms with Gasteiger partial charge in [-0.15, -0.1) is 0 Å². The molecule has 20 heteroatoms. The molecule has 0 aromatic carbocycles. The molecular formula is C23H46N14O5S. The maximum atomic E-state index is 13.4. The van der Waals surface area contributed by atoms with Gasteiger partial charge in [0.2, 0.25) is 29.5 Å². The first-order chi connectivity index (χ1) is 20.2. The van der Waals surface area contributed by atoms with Crippen molar-refractivity contribution in [3.8, 4) is 0 Å². The van der Waals surface area contributed by atoms with Crippen molar-refractivity contribution in [1.82, 2.24) is 21.3 Å². The lowest BCUT2D eigenvalue weighted by molar-refractivity contribution is -0.134. The summed E-state index contributed by atoms with van der Waals surface area (Å²) in [6.07, 6.45) is 1.20. The summed E-state index contributed by atoms with van der Waals surface area (Å²) in [5, 5.41) is 10.2. The first-order valence-electron chi connectivity index (χ1n) is 13.4. The van der Waals surface area contributed by atoms with Crippen molar-refractivity contribution >= 4 is 60.0 Å². The number of carbonyl (C=O) groups is 5. The number of rotatable bonds is 21. The van der Waals surface area contributed by atoms with Gasteiger partial charge in [0.05, 0.1) is 0 Å². The topological polar surface area (TPSA) is 353 Å². The van der Waals surface area contributed by atoms with E-state index in [1.807, 2.05) is 0 Å². The molecule has 0 spiro atoms. The largest absolute Gasteiger partial charge is 0.370 e. The van der Waals surface area contributed by atoms with Gasteiger partial charge in [-0.05, 0) is 38.5 Å². The molecule has 0 aliphatic carbocycles. The highest BCUT2D eigenvalue weighted by molar-refractivity contribution is 7.80. The average molecular weight is 631 g/mol. The first-order valence-corrected chi connectivity index (χ1v) is 14.1. The van der Waals surface area contributed by atoms with Crippen LogP contribution in [0.2, 0.25) is 0 Å². The summed E-state index contributed by atoms with van der Waals surface area (Å²) >= 11 is 4.02. The molecule has 0 radical (unpaired) electrons. The van der Waals surface area contributed by atoms with Crippen LogP contribution in [0.5, 0.6) is 0 Å². The quantitative estimate of drug-likeness (QED) is 0.0245. The smallest absolute Gasteiger partial charge is 0.243 e. The molecule has 0 rings (SSSR count). The third-order valence-corrected chi connectivity index (χ3v) is 6.00. The number of carbonyl (C=O) groups excluding carboxylic acids is 5. The van der Waals surface area contributed by atoms with E-state index in [0.29, 0.717) is 6.42 Å². The molecule has 0 aliphatic rings. The van der Waals surface area contributed by atoms with Crippen molar-refractivity contribution in [2.24, 2.45) is 55.1 Å². The fourth-order valence-corrected chi connectivity index (χ4v) is 3.86. The molecule has 5 amide bonds. The van der Waals surface area contributed by atoms with Gasteiger partial charge >= 0.3 is 0 Å². The standard InChI is InChI=1S/C23H46N14O5S/c1-12(38)34-13(5-2-8-31-21(25)26)18(40)35-14(6-3-9-32-22(27)28)19(41)36-15(7-4-10-33-23(29)30)20(42)37-16(11-43)17(24)39/h13-16,43H,2-11H2,1H3,(H2,24,39)(H,34,38)(H,35,40)(H,36,41)(H,37,42)(H4,25,26,31)(H4,27,28,32)(H4,29,30,33)/t13-,14-,15-,16-/m0/s1. The third kappa shape index (κ3) is 18.5. The molecule has 0 aromatic rings. The zero-order chi connectivity index (χ0) is 32.9. The van der Waals surface area contributed by atoms with E-state index in [2.05, 4.69) is 48.9 Å². The monoisotopic (exact) mass is 630 g/mol. The van der Waals surface area contributed by atoms with Gasteiger partial charge in [-0.2, -0.15) is 12.6 Å². The Morgan fingerprint density at radius 2 is 0.860 bits per heavy atom. The minimum absolute atomic E-state index is 0.0675. The van der Waals surface area contributed by atoms with Crippen molar-refractivity contribution in [2.75, 3.05) is 25.4 Å². The van der Waals surface area contributed by atoms with Gasteiger partial charge in [0.15, 0.2) is 17.9 Å². The Labute approximate surface area is 255 Å². The minimum Gasteiger partial charge on any atom is -0.370 e. The van der Waals surface area contributed by atoms with Crippen molar-refractivity contribution in [3.63, 3.8) is 0 Å². The average Bonchev–Trinajstić information content (AvgIpc) is 2.91. The fourth-order valence-electron chi connectivity index (χ4n) is 3.59. The van der Waals surface area contributed by atoms with Gasteiger partial charge in [-0.3, -0.25) is 38.9 Å². The summed E-state index contributed by atoms with van der Waals surface area (Å²) in [5.74, 6) is -3.87. The van der Waals surface area contributed by atoms with E-state index in [-0.39, 0.29) is 75.4 Å². The Kier molecular flexibility index (Phi) is 19.0. The molecule has 4 atom stereocenters. The predicted molar refractivity (Wildman–Crippen MR) is 166 cm³/mol. The SMILES string of the molecule is CC(=O)N[C@@H](CCCN=C(N)N)C(=O)N[C@@H](CCCN=C(N)N)C(=O)N[C@@H](CCCN=C(N)N)C(=O)N[C@@H](CS)C(N)=O. The van der Waals surface area contributed by atoms with Crippen LogP contribution in [0, 0.1) is 0 Å². The second-order valence-corrected chi connectivity index (χ2v) is 9.73. The molecule has 18 N–H and O–H groups in total. The number of guanidine groups is 3. The van der Waals surface area contributed by atoms with Crippen LogP contribution < -0.4 is 61.4 Å². The summed E-state index contributed by atoms with van der Waals surface area (Å²) in [7, 11) is 0. The Morgan fingerprint density at radius 3 is 1.12 bits per heavy atom. The van der Waals surface area contributed by atoms with Gasteiger partial charge in [0, 0.05) is 32.3 Å². The van der Waals surface area contributed by atoms with Crippen molar-refractivity contribution in [1.29, 1.82) is 0 Å². The highest BCUT2D eigenvalue weighted by Gasteiger charge is 2.30. The van der Waals surface area contributed by atoms with Gasteiger partial charge in [0.1, 0.15) is 24.2 Å². The molecule has 43 heavy (non-hydrogen) atoms. The third-order valence-electron chi connectivity index (χ3n) is 5.64. The van der Waals surface area contributed by atoms with Gasteiger partial charge in [-0.1, -0.05) is 0 Å². The molecule has 0 heterocycles. The number of amides is 5. The Hall–Kier alpha value is -4.49. The van der Waals surface area contributed by atoms with E-state index < -0.39 is 53.7 Å². The van der Waals surface area contributed by atoms with Gasteiger partial charge in [-0.25, -0.2) is 0 Å². The van der Waals surface area contributed by atoms with E-state index in [1.165, 1.54) is 6.92 Å². The van der Waals surface area contributed by atoms with Crippen LogP contribution in [0.4, 0.5) is 0 Å². The lowest BCUT2D eigenvalue weighted by Crippen LogP contribution is -2.58. The lowest BCUT2D eigenvalue weighted by Gasteiger charge is -2.26. The first kappa shape index (κ1) is 38.5. The Morgan fingerprint density at radius 1 is 0.558 bits per heavy atom. The summed E-state index contributed by atoms with van der Waals surface area (Å²) in [4.78, 5) is 74.6. The lowest BCUT2D eigenvalue weighted by atomic mass is 10.1. The minimum atomic E-state index is -1.17. The van der Waals surface area contributed by atoms with E-state index in [9.17, 15) is 24.0 Å². The van der Waals surface area contributed by atoms with Crippen molar-refractivity contribution < 1.29 is 24.0 Å². The summed E-state index contributed by atoms with van der Waals surface area (Å²) in [6.45, 7) is 1.76. The van der Waals surface area contributed by atoms with Crippen LogP contribution in [-0.4, -0.2) is 97.0 Å². The number of primary amides is 1. The molecule has 19 nitrogen and oxygen atoms in total. The number of thiol groups is 1. The Bertz CT molecular complexity index is 1030. The summed E-state index contributed by atoms with van der Waals surface area (Å²) in [5.41, 5.74) is 37.4. The molecule has 0 bridgehead atoms. The van der Waals surface area contributed by atoms with Crippen molar-refractivity contribution in [2.45, 2.75) is 69.6 Å². The second-order valence-electron chi connectivity index (χ2n) is 9.37. The maximum Gasteiger partial charge on any atom is 0.243 e. The number of hydrogen-bond acceptors (Lipinski definition) is 9. The number of hydrogen-bond donors (Lipinski definition) is 12. The molecule has 0 fully saturated rings. The van der Waals surface area contributed by atoms with Crippen LogP contribution in [0.15, 0.2) is 15.0 Å². The normalized spacial score (nSPS) is 13.2. The van der Waals surface area contributed by atoms with E-state index >= 15 is 0 Å². The number of nitrogens with one attached hydrogen (secondary N) is 4. The maximum absolute atomic E-state index is 13.4. The number of nitrogens with zero attached hydrogens (tertiary/aromatic N) is 3. The molecule has 0 unspecified atom stereocenters. The van der Waals surface area contributed by atoms with E-state index in [4.69, 9.17) is 40.1 Å². The number of aliphatic imine (C=N–C) groups is 3. The molecule has 244 valence electrons. The highest BCUT2D eigenvalue weighted by Crippen LogP contribution is 2.06. The zero-order valence-electron chi connectivity index (χ0n) is 24.3. The number of nitrogens with two attached hydrogens (primary N) is 7. The van der Waals surface area contributed by atoms with Crippen LogP contribution in [0.3, 0.4) is 0 Å². The highest BCUT2D eigenvalue weighted by atomic mass is 32.1. The second kappa shape index (κ2) is 21.2. The molecule has 0 saturated carbocycles. The van der Waals surface area contributed by atoms with E-state index in [1.54, 1.807) is 0 Å². The van der Waals surface area contributed by atoms with Gasteiger partial charge in [0.25, 0.3) is 0 Å². The van der Waals surface area contributed by atoms with Gasteiger partial charge < -0.3 is 61.4 Å².